The summed E-state index contributed by atoms with van der Waals surface area (Å²) in [5, 5.41) is 11.9. The van der Waals surface area contributed by atoms with E-state index in [2.05, 4.69) is 5.32 Å². The van der Waals surface area contributed by atoms with Crippen LogP contribution in [-0.2, 0) is 15.8 Å². The van der Waals surface area contributed by atoms with Gasteiger partial charge in [0.25, 0.3) is 0 Å². The van der Waals surface area contributed by atoms with Gasteiger partial charge >= 0.3 is 12.1 Å². The number of alkyl halides is 3. The van der Waals surface area contributed by atoms with E-state index < -0.39 is 35.1 Å². The van der Waals surface area contributed by atoms with E-state index in [1.807, 2.05) is 0 Å². The highest BCUT2D eigenvalue weighted by Gasteiger charge is 2.42. The van der Waals surface area contributed by atoms with Crippen LogP contribution in [0.15, 0.2) is 24.3 Å². The lowest BCUT2D eigenvalue weighted by molar-refractivity contribution is -0.147. The molecule has 1 aliphatic carbocycles. The van der Waals surface area contributed by atoms with Gasteiger partial charge < -0.3 is 10.4 Å². The van der Waals surface area contributed by atoms with Gasteiger partial charge in [0.2, 0.25) is 5.91 Å². The normalized spacial score (nSPS) is 18.2. The highest BCUT2D eigenvalue weighted by Crippen LogP contribution is 2.33. The summed E-state index contributed by atoms with van der Waals surface area (Å²) in [6.07, 6.45) is -2.27. The van der Waals surface area contributed by atoms with Crippen LogP contribution in [0.2, 0.25) is 0 Å². The average molecular weight is 343 g/mol. The number of carboxylic acids is 1. The number of amides is 1. The Bertz CT molecular complexity index is 622. The molecule has 2 rings (SSSR count). The van der Waals surface area contributed by atoms with Gasteiger partial charge in [0, 0.05) is 6.42 Å². The molecule has 0 aliphatic heterocycles. The van der Waals surface area contributed by atoms with Crippen molar-refractivity contribution in [3.8, 4) is 0 Å². The van der Waals surface area contributed by atoms with E-state index in [0.717, 1.165) is 25.0 Å². The molecule has 0 spiro atoms. The minimum atomic E-state index is -4.44. The molecule has 1 unspecified atom stereocenters. The third-order valence-corrected chi connectivity index (χ3v) is 4.52. The fraction of sp³-hybridized carbons (Fsp3) is 0.529. The third kappa shape index (κ3) is 4.07. The Morgan fingerprint density at radius 2 is 1.92 bits per heavy atom. The lowest BCUT2D eigenvalue weighted by Crippen LogP contribution is -2.52. The quantitative estimate of drug-likeness (QED) is 0.856. The van der Waals surface area contributed by atoms with Crippen molar-refractivity contribution in [3.05, 3.63) is 35.4 Å². The minimum Gasteiger partial charge on any atom is -0.480 e. The van der Waals surface area contributed by atoms with Gasteiger partial charge in [0.15, 0.2) is 0 Å². The maximum Gasteiger partial charge on any atom is 0.416 e. The highest BCUT2D eigenvalue weighted by atomic mass is 19.4. The molecule has 7 heteroatoms. The number of carbonyl (C=O) groups is 2. The van der Waals surface area contributed by atoms with E-state index in [1.165, 1.54) is 12.1 Å². The Hall–Kier alpha value is -2.05. The predicted octanol–water partition coefficient (Wildman–Crippen LogP) is 3.71. The van der Waals surface area contributed by atoms with Crippen LogP contribution in [0.5, 0.6) is 0 Å². The number of hydrogen-bond acceptors (Lipinski definition) is 2. The molecule has 1 aliphatic rings. The number of hydrogen-bond donors (Lipinski definition) is 2. The van der Waals surface area contributed by atoms with E-state index in [-0.39, 0.29) is 6.42 Å². The summed E-state index contributed by atoms with van der Waals surface area (Å²) in [6, 6.07) is 4.85. The summed E-state index contributed by atoms with van der Waals surface area (Å²) in [6.45, 7) is 1.65. The first-order valence-corrected chi connectivity index (χ1v) is 7.86. The zero-order valence-electron chi connectivity index (χ0n) is 13.3. The molecule has 4 nitrogen and oxygen atoms in total. The SMILES string of the molecule is CC(CC(=O)NC1(C(=O)O)CCCC1)c1cccc(C(F)(F)F)c1. The van der Waals surface area contributed by atoms with Gasteiger partial charge in [-0.2, -0.15) is 13.2 Å². The molecule has 0 heterocycles. The maximum absolute atomic E-state index is 12.8. The largest absolute Gasteiger partial charge is 0.480 e. The lowest BCUT2D eigenvalue weighted by atomic mass is 9.93. The topological polar surface area (TPSA) is 66.4 Å². The number of rotatable bonds is 5. The number of halogens is 3. The Labute approximate surface area is 138 Å². The zero-order valence-corrected chi connectivity index (χ0v) is 13.3. The van der Waals surface area contributed by atoms with E-state index in [4.69, 9.17) is 0 Å². The molecule has 24 heavy (non-hydrogen) atoms. The molecule has 0 bridgehead atoms. The standard InChI is InChI=1S/C17H20F3NO3/c1-11(12-5-4-6-13(10-12)17(18,19)20)9-14(22)21-16(15(23)24)7-2-3-8-16/h4-6,10-11H,2-3,7-9H2,1H3,(H,21,22)(H,23,24). The van der Waals surface area contributed by atoms with Crippen LogP contribution < -0.4 is 5.32 Å². The molecule has 0 aromatic heterocycles. The molecule has 1 aromatic rings. The Balaban J connectivity index is 2.05. The summed E-state index contributed by atoms with van der Waals surface area (Å²) >= 11 is 0. The Kier molecular flexibility index (Phi) is 5.20. The Morgan fingerprint density at radius 3 is 2.46 bits per heavy atom. The summed E-state index contributed by atoms with van der Waals surface area (Å²) in [5.74, 6) is -1.95. The highest BCUT2D eigenvalue weighted by molar-refractivity contribution is 5.87. The van der Waals surface area contributed by atoms with Crippen molar-refractivity contribution in [3.63, 3.8) is 0 Å². The molecule has 1 aromatic carbocycles. The smallest absolute Gasteiger partial charge is 0.416 e. The van der Waals surface area contributed by atoms with Gasteiger partial charge in [-0.05, 0) is 30.4 Å². The van der Waals surface area contributed by atoms with Crippen LogP contribution in [0.4, 0.5) is 13.2 Å². The van der Waals surface area contributed by atoms with Crippen LogP contribution >= 0.6 is 0 Å². The molecule has 1 atom stereocenters. The molecule has 1 fully saturated rings. The average Bonchev–Trinajstić information content (AvgIpc) is 2.96. The first-order chi connectivity index (χ1) is 11.1. The van der Waals surface area contributed by atoms with Crippen molar-refractivity contribution in [1.82, 2.24) is 5.32 Å². The second kappa shape index (κ2) is 6.83. The molecule has 2 N–H and O–H groups in total. The summed E-state index contributed by atoms with van der Waals surface area (Å²) in [7, 11) is 0. The number of benzene rings is 1. The third-order valence-electron chi connectivity index (χ3n) is 4.52. The van der Waals surface area contributed by atoms with Gasteiger partial charge in [-0.1, -0.05) is 38.0 Å². The first-order valence-electron chi connectivity index (χ1n) is 7.86. The van der Waals surface area contributed by atoms with Crippen LogP contribution in [-0.4, -0.2) is 22.5 Å². The van der Waals surface area contributed by atoms with E-state index in [1.54, 1.807) is 6.92 Å². The number of carbonyl (C=O) groups excluding carboxylic acids is 1. The zero-order chi connectivity index (χ0) is 18.0. The van der Waals surface area contributed by atoms with Crippen molar-refractivity contribution < 1.29 is 27.9 Å². The fourth-order valence-corrected chi connectivity index (χ4v) is 3.11. The molecule has 1 saturated carbocycles. The maximum atomic E-state index is 12.8. The van der Waals surface area contributed by atoms with Crippen LogP contribution in [0.1, 0.15) is 56.1 Å². The van der Waals surface area contributed by atoms with Crippen molar-refractivity contribution in [2.75, 3.05) is 0 Å². The van der Waals surface area contributed by atoms with Crippen LogP contribution in [0.3, 0.4) is 0 Å². The summed E-state index contributed by atoms with van der Waals surface area (Å²) in [4.78, 5) is 23.6. The van der Waals surface area contributed by atoms with Crippen LogP contribution in [0, 0.1) is 0 Å². The van der Waals surface area contributed by atoms with Crippen LogP contribution in [0.25, 0.3) is 0 Å². The van der Waals surface area contributed by atoms with E-state index in [0.29, 0.717) is 18.4 Å². The first kappa shape index (κ1) is 18.3. The molecule has 0 saturated heterocycles. The van der Waals surface area contributed by atoms with Gasteiger partial charge in [0.05, 0.1) is 5.56 Å². The van der Waals surface area contributed by atoms with Crippen molar-refractivity contribution in [1.29, 1.82) is 0 Å². The second-order valence-corrected chi connectivity index (χ2v) is 6.37. The van der Waals surface area contributed by atoms with Gasteiger partial charge in [0.1, 0.15) is 5.54 Å². The Morgan fingerprint density at radius 1 is 1.29 bits per heavy atom. The number of carboxylic acid groups (broad SMARTS) is 1. The van der Waals surface area contributed by atoms with Gasteiger partial charge in [-0.25, -0.2) is 4.79 Å². The molecule has 1 amide bonds. The number of nitrogens with one attached hydrogen (secondary N) is 1. The van der Waals surface area contributed by atoms with Gasteiger partial charge in [-0.3, -0.25) is 4.79 Å². The second-order valence-electron chi connectivity index (χ2n) is 6.37. The van der Waals surface area contributed by atoms with Crippen molar-refractivity contribution >= 4 is 11.9 Å². The lowest BCUT2D eigenvalue weighted by Gasteiger charge is -2.26. The fourth-order valence-electron chi connectivity index (χ4n) is 3.11. The number of aliphatic carboxylic acids is 1. The molecule has 0 radical (unpaired) electrons. The molecular formula is C17H20F3NO3. The van der Waals surface area contributed by atoms with E-state index in [9.17, 15) is 27.9 Å². The van der Waals surface area contributed by atoms with E-state index >= 15 is 0 Å². The van der Waals surface area contributed by atoms with Gasteiger partial charge in [-0.15, -0.1) is 0 Å². The molecule has 132 valence electrons. The van der Waals surface area contributed by atoms with Crippen molar-refractivity contribution in [2.24, 2.45) is 0 Å². The minimum absolute atomic E-state index is 0.0592. The summed E-state index contributed by atoms with van der Waals surface area (Å²) in [5.41, 5.74) is -1.59. The van der Waals surface area contributed by atoms with Crippen molar-refractivity contribution in [2.45, 2.75) is 56.7 Å². The summed E-state index contributed by atoms with van der Waals surface area (Å²) < 4.78 is 38.3. The monoisotopic (exact) mass is 343 g/mol. The predicted molar refractivity (Wildman–Crippen MR) is 81.5 cm³/mol. The molecular weight excluding hydrogens is 323 g/mol.